The highest BCUT2D eigenvalue weighted by molar-refractivity contribution is 7.91. The minimum absolute atomic E-state index is 0.267. The summed E-state index contributed by atoms with van der Waals surface area (Å²) in [6, 6.07) is 7.10. The van der Waals surface area contributed by atoms with E-state index in [4.69, 9.17) is 0 Å². The fourth-order valence-corrected chi connectivity index (χ4v) is 6.60. The highest BCUT2D eigenvalue weighted by Gasteiger charge is 2.23. The van der Waals surface area contributed by atoms with Crippen LogP contribution in [0, 0.1) is 0 Å². The third-order valence-corrected chi connectivity index (χ3v) is 9.01. The van der Waals surface area contributed by atoms with Gasteiger partial charge in [-0.05, 0) is 50.3 Å². The van der Waals surface area contributed by atoms with Gasteiger partial charge in [0.25, 0.3) is 15.6 Å². The topological polar surface area (TPSA) is 105 Å². The van der Waals surface area contributed by atoms with Crippen LogP contribution in [-0.4, -0.2) is 40.9 Å². The molecule has 0 saturated heterocycles. The van der Waals surface area contributed by atoms with Gasteiger partial charge in [-0.15, -0.1) is 11.3 Å². The first kappa shape index (κ1) is 21.7. The standard InChI is InChI=1S/C21H24N4O4S2/c1-24(31(28,29)19-10-9-18(30-19)15-6-4-11-22-14-15)12-5-13-25-17-8-3-2-7-16(17)20(26)23-21(25)27/h4,6,9-11,14H,2-3,5,7-8,12-13H2,1H3,(H,23,26,27). The zero-order valence-corrected chi connectivity index (χ0v) is 18.8. The van der Waals surface area contributed by atoms with E-state index >= 15 is 0 Å². The van der Waals surface area contributed by atoms with E-state index in [-0.39, 0.29) is 16.3 Å². The molecule has 0 saturated carbocycles. The Kier molecular flexibility index (Phi) is 6.22. The first-order valence-corrected chi connectivity index (χ1v) is 12.4. The smallest absolute Gasteiger partial charge is 0.297 e. The van der Waals surface area contributed by atoms with E-state index in [9.17, 15) is 18.0 Å². The summed E-state index contributed by atoms with van der Waals surface area (Å²) in [6.45, 7) is 0.631. The second-order valence-corrected chi connectivity index (χ2v) is 10.9. The Morgan fingerprint density at radius 2 is 2.00 bits per heavy atom. The van der Waals surface area contributed by atoms with Crippen molar-refractivity contribution in [1.29, 1.82) is 0 Å². The van der Waals surface area contributed by atoms with Crippen molar-refractivity contribution in [3.05, 3.63) is 68.8 Å². The SMILES string of the molecule is CN(CCCn1c2c(c(=O)[nH]c1=O)CCCC2)S(=O)(=O)c1ccc(-c2cccnc2)s1. The van der Waals surface area contributed by atoms with Gasteiger partial charge in [0.2, 0.25) is 0 Å². The molecule has 0 aliphatic heterocycles. The predicted octanol–water partition coefficient (Wildman–Crippen LogP) is 2.25. The van der Waals surface area contributed by atoms with Gasteiger partial charge in [-0.25, -0.2) is 17.5 Å². The van der Waals surface area contributed by atoms with E-state index < -0.39 is 15.7 Å². The molecule has 3 aromatic heterocycles. The summed E-state index contributed by atoms with van der Waals surface area (Å²) < 4.78 is 29.1. The maximum Gasteiger partial charge on any atom is 0.328 e. The largest absolute Gasteiger partial charge is 0.328 e. The molecule has 1 aliphatic carbocycles. The maximum atomic E-state index is 13.0. The Hall–Kier alpha value is -2.56. The lowest BCUT2D eigenvalue weighted by Crippen LogP contribution is -2.37. The predicted molar refractivity (Wildman–Crippen MR) is 120 cm³/mol. The highest BCUT2D eigenvalue weighted by Crippen LogP contribution is 2.31. The molecule has 31 heavy (non-hydrogen) atoms. The first-order chi connectivity index (χ1) is 14.9. The van der Waals surface area contributed by atoms with Crippen LogP contribution in [-0.2, 0) is 29.4 Å². The molecule has 4 rings (SSSR count). The zero-order chi connectivity index (χ0) is 22.0. The van der Waals surface area contributed by atoms with Crippen LogP contribution >= 0.6 is 11.3 Å². The molecule has 0 atom stereocenters. The molecule has 0 aromatic carbocycles. The van der Waals surface area contributed by atoms with Gasteiger partial charge in [0.05, 0.1) is 0 Å². The van der Waals surface area contributed by atoms with Crippen LogP contribution in [0.3, 0.4) is 0 Å². The molecule has 8 nitrogen and oxygen atoms in total. The average molecular weight is 461 g/mol. The Balaban J connectivity index is 1.46. The van der Waals surface area contributed by atoms with Crippen molar-refractivity contribution in [2.45, 2.75) is 42.9 Å². The minimum atomic E-state index is -3.63. The lowest BCUT2D eigenvalue weighted by Gasteiger charge is -2.21. The van der Waals surface area contributed by atoms with Crippen LogP contribution in [0.25, 0.3) is 10.4 Å². The number of sulfonamides is 1. The Bertz CT molecular complexity index is 1290. The number of nitrogens with one attached hydrogen (secondary N) is 1. The molecule has 0 spiro atoms. The third kappa shape index (κ3) is 4.41. The lowest BCUT2D eigenvalue weighted by atomic mass is 9.97. The number of aromatic nitrogens is 3. The van der Waals surface area contributed by atoms with Crippen LogP contribution in [0.4, 0.5) is 0 Å². The van der Waals surface area contributed by atoms with Crippen molar-refractivity contribution in [2.24, 2.45) is 0 Å². The number of nitrogens with zero attached hydrogens (tertiary/aromatic N) is 3. The summed E-state index contributed by atoms with van der Waals surface area (Å²) in [5.41, 5.74) is 1.64. The van der Waals surface area contributed by atoms with Gasteiger partial charge in [-0.2, -0.15) is 0 Å². The number of hydrogen-bond donors (Lipinski definition) is 1. The number of aromatic amines is 1. The van der Waals surface area contributed by atoms with E-state index in [0.29, 0.717) is 31.4 Å². The van der Waals surface area contributed by atoms with Gasteiger partial charge < -0.3 is 0 Å². The fourth-order valence-electron chi connectivity index (χ4n) is 3.88. The Morgan fingerprint density at radius 1 is 1.19 bits per heavy atom. The van der Waals surface area contributed by atoms with Gasteiger partial charge in [0.15, 0.2) is 0 Å². The Morgan fingerprint density at radius 3 is 2.77 bits per heavy atom. The van der Waals surface area contributed by atoms with Gasteiger partial charge in [-0.3, -0.25) is 19.3 Å². The van der Waals surface area contributed by atoms with Crippen molar-refractivity contribution >= 4 is 21.4 Å². The summed E-state index contributed by atoms with van der Waals surface area (Å²) in [5, 5.41) is 0. The number of rotatable bonds is 7. The molecule has 1 N–H and O–H groups in total. The quantitative estimate of drug-likeness (QED) is 0.582. The molecular formula is C21H24N4O4S2. The summed E-state index contributed by atoms with van der Waals surface area (Å²) in [6.07, 6.45) is 7.11. The summed E-state index contributed by atoms with van der Waals surface area (Å²) in [7, 11) is -2.08. The van der Waals surface area contributed by atoms with Crippen molar-refractivity contribution in [2.75, 3.05) is 13.6 Å². The molecule has 164 valence electrons. The molecule has 1 aliphatic rings. The summed E-state index contributed by atoms with van der Waals surface area (Å²) in [4.78, 5) is 31.7. The number of hydrogen-bond acceptors (Lipinski definition) is 6. The number of fused-ring (bicyclic) bond motifs is 1. The molecular weight excluding hydrogens is 436 g/mol. The fraction of sp³-hybridized carbons (Fsp3) is 0.381. The molecule has 0 unspecified atom stereocenters. The normalized spacial score (nSPS) is 14.0. The number of pyridine rings is 1. The molecule has 3 aromatic rings. The van der Waals surface area contributed by atoms with E-state index in [1.807, 2.05) is 12.1 Å². The van der Waals surface area contributed by atoms with Crippen molar-refractivity contribution in [1.82, 2.24) is 18.8 Å². The number of thiophene rings is 1. The number of H-pyrrole nitrogens is 1. The first-order valence-electron chi connectivity index (χ1n) is 10.2. The van der Waals surface area contributed by atoms with Crippen LogP contribution in [0.2, 0.25) is 0 Å². The average Bonchev–Trinajstić information content (AvgIpc) is 3.28. The minimum Gasteiger partial charge on any atom is -0.297 e. The molecule has 0 amide bonds. The monoisotopic (exact) mass is 460 g/mol. The highest BCUT2D eigenvalue weighted by atomic mass is 32.2. The van der Waals surface area contributed by atoms with Crippen LogP contribution < -0.4 is 11.2 Å². The Labute approximate surface area is 184 Å². The molecule has 10 heteroatoms. The summed E-state index contributed by atoms with van der Waals surface area (Å²) in [5.74, 6) is 0. The van der Waals surface area contributed by atoms with Gasteiger partial charge in [0, 0.05) is 54.2 Å². The van der Waals surface area contributed by atoms with E-state index in [2.05, 4.69) is 9.97 Å². The van der Waals surface area contributed by atoms with Gasteiger partial charge in [0.1, 0.15) is 4.21 Å². The lowest BCUT2D eigenvalue weighted by molar-refractivity contribution is 0.437. The van der Waals surface area contributed by atoms with Crippen LogP contribution in [0.5, 0.6) is 0 Å². The second-order valence-electron chi connectivity index (χ2n) is 7.58. The van der Waals surface area contributed by atoms with E-state index in [1.54, 1.807) is 36.1 Å². The van der Waals surface area contributed by atoms with Gasteiger partial charge >= 0.3 is 5.69 Å². The van der Waals surface area contributed by atoms with Crippen LogP contribution in [0.1, 0.15) is 30.5 Å². The van der Waals surface area contributed by atoms with Crippen molar-refractivity contribution in [3.8, 4) is 10.4 Å². The van der Waals surface area contributed by atoms with E-state index in [0.717, 1.165) is 29.0 Å². The third-order valence-electron chi connectivity index (χ3n) is 5.55. The zero-order valence-electron chi connectivity index (χ0n) is 17.2. The van der Waals surface area contributed by atoms with Crippen molar-refractivity contribution in [3.63, 3.8) is 0 Å². The molecule has 0 bridgehead atoms. The van der Waals surface area contributed by atoms with Gasteiger partial charge in [-0.1, -0.05) is 6.07 Å². The summed E-state index contributed by atoms with van der Waals surface area (Å²) >= 11 is 1.21. The molecule has 3 heterocycles. The van der Waals surface area contributed by atoms with Crippen molar-refractivity contribution < 1.29 is 8.42 Å². The second kappa shape index (κ2) is 8.89. The molecule has 0 radical (unpaired) electrons. The van der Waals surface area contributed by atoms with Crippen LogP contribution in [0.15, 0.2) is 50.5 Å². The maximum absolute atomic E-state index is 13.0. The molecule has 0 fully saturated rings. The van der Waals surface area contributed by atoms with E-state index in [1.165, 1.54) is 15.6 Å².